The molecule has 0 aromatic carbocycles. The monoisotopic (exact) mass is 332 g/mol. The molecule has 1 saturated heterocycles. The largest absolute Gasteiger partial charge is 0.378 e. The summed E-state index contributed by atoms with van der Waals surface area (Å²) in [6, 6.07) is 3.22. The molecule has 130 valence electrons. The van der Waals surface area contributed by atoms with Crippen molar-refractivity contribution in [1.29, 1.82) is 5.26 Å². The van der Waals surface area contributed by atoms with Crippen LogP contribution >= 0.6 is 0 Å². The molecule has 1 aromatic rings. The van der Waals surface area contributed by atoms with Crippen LogP contribution in [0.1, 0.15) is 20.3 Å². The van der Waals surface area contributed by atoms with Gasteiger partial charge in [-0.1, -0.05) is 13.8 Å². The van der Waals surface area contributed by atoms with Gasteiger partial charge >= 0.3 is 0 Å². The second-order valence-electron chi connectivity index (χ2n) is 6.04. The molecule has 24 heavy (non-hydrogen) atoms. The summed E-state index contributed by atoms with van der Waals surface area (Å²) < 4.78 is 5.34. The van der Waals surface area contributed by atoms with Crippen molar-refractivity contribution in [2.75, 3.05) is 43.1 Å². The van der Waals surface area contributed by atoms with Crippen molar-refractivity contribution in [1.82, 2.24) is 15.3 Å². The van der Waals surface area contributed by atoms with Crippen molar-refractivity contribution in [2.45, 2.75) is 26.3 Å². The Kier molecular flexibility index (Phi) is 6.75. The molecule has 1 atom stereocenters. The van der Waals surface area contributed by atoms with Crippen LogP contribution in [-0.2, 0) is 9.53 Å². The van der Waals surface area contributed by atoms with Crippen LogP contribution in [0.2, 0.25) is 0 Å². The highest BCUT2D eigenvalue weighted by atomic mass is 16.5. The molecule has 0 aliphatic carbocycles. The fraction of sp³-hybridized carbons (Fsp3) is 0.625. The minimum absolute atomic E-state index is 0.00207. The summed E-state index contributed by atoms with van der Waals surface area (Å²) in [6.45, 7) is 6.92. The topological polar surface area (TPSA) is 103 Å². The van der Waals surface area contributed by atoms with E-state index in [1.807, 2.05) is 19.9 Å². The van der Waals surface area contributed by atoms with E-state index in [9.17, 15) is 4.79 Å². The van der Waals surface area contributed by atoms with E-state index in [1.54, 1.807) is 12.3 Å². The van der Waals surface area contributed by atoms with Gasteiger partial charge in [-0.05, 0) is 18.4 Å². The molecule has 0 spiro atoms. The first kappa shape index (κ1) is 17.9. The number of nitrogens with one attached hydrogen (secondary N) is 2. The van der Waals surface area contributed by atoms with E-state index < -0.39 is 6.04 Å². The molecule has 1 aliphatic rings. The van der Waals surface area contributed by atoms with E-state index in [2.05, 4.69) is 25.5 Å². The lowest BCUT2D eigenvalue weighted by atomic mass is 10.0. The zero-order valence-electron chi connectivity index (χ0n) is 14.2. The normalized spacial score (nSPS) is 15.7. The molecule has 1 aliphatic heterocycles. The predicted molar refractivity (Wildman–Crippen MR) is 90.6 cm³/mol. The number of nitrogens with zero attached hydrogens (tertiary/aromatic N) is 4. The second kappa shape index (κ2) is 9.03. The Morgan fingerprint density at radius 1 is 1.46 bits per heavy atom. The summed E-state index contributed by atoms with van der Waals surface area (Å²) in [6.07, 6.45) is 2.33. The number of ether oxygens (including phenoxy) is 1. The number of amides is 1. The van der Waals surface area contributed by atoms with Gasteiger partial charge in [0.1, 0.15) is 18.4 Å². The van der Waals surface area contributed by atoms with Gasteiger partial charge < -0.3 is 20.3 Å². The Balaban J connectivity index is 2.07. The van der Waals surface area contributed by atoms with Crippen molar-refractivity contribution in [3.8, 4) is 6.07 Å². The SMILES string of the molecule is CC(C)C[C@H](Nc1ccnc(N2CCOCC2)n1)C(=O)NCC#N. The Morgan fingerprint density at radius 3 is 2.88 bits per heavy atom. The number of morpholine rings is 1. The molecule has 2 rings (SSSR count). The van der Waals surface area contributed by atoms with E-state index >= 15 is 0 Å². The smallest absolute Gasteiger partial charge is 0.243 e. The average molecular weight is 332 g/mol. The number of carbonyl (C=O) groups excluding carboxylic acids is 1. The molecule has 0 saturated carbocycles. The van der Waals surface area contributed by atoms with E-state index in [1.165, 1.54) is 0 Å². The van der Waals surface area contributed by atoms with E-state index in [0.717, 1.165) is 13.1 Å². The van der Waals surface area contributed by atoms with Crippen LogP contribution in [0.4, 0.5) is 11.8 Å². The number of nitriles is 1. The highest BCUT2D eigenvalue weighted by Crippen LogP contribution is 2.15. The lowest BCUT2D eigenvalue weighted by Crippen LogP contribution is -2.41. The molecule has 1 aromatic heterocycles. The quantitative estimate of drug-likeness (QED) is 0.711. The molecule has 8 heteroatoms. The van der Waals surface area contributed by atoms with E-state index in [4.69, 9.17) is 10.00 Å². The van der Waals surface area contributed by atoms with Crippen LogP contribution in [0.5, 0.6) is 0 Å². The maximum Gasteiger partial charge on any atom is 0.243 e. The summed E-state index contributed by atoms with van der Waals surface area (Å²) in [5.41, 5.74) is 0. The Hall–Kier alpha value is -2.40. The minimum Gasteiger partial charge on any atom is -0.378 e. The van der Waals surface area contributed by atoms with Gasteiger partial charge in [0.15, 0.2) is 0 Å². The summed E-state index contributed by atoms with van der Waals surface area (Å²) >= 11 is 0. The molecular formula is C16H24N6O2. The first-order chi connectivity index (χ1) is 11.6. The van der Waals surface area contributed by atoms with Crippen LogP contribution in [0.3, 0.4) is 0 Å². The van der Waals surface area contributed by atoms with Gasteiger partial charge in [0, 0.05) is 19.3 Å². The number of hydrogen-bond acceptors (Lipinski definition) is 7. The molecule has 0 radical (unpaired) electrons. The van der Waals surface area contributed by atoms with Crippen molar-refractivity contribution in [3.63, 3.8) is 0 Å². The highest BCUT2D eigenvalue weighted by molar-refractivity contribution is 5.84. The zero-order valence-corrected chi connectivity index (χ0v) is 14.2. The van der Waals surface area contributed by atoms with Gasteiger partial charge in [-0.3, -0.25) is 4.79 Å². The summed E-state index contributed by atoms with van der Waals surface area (Å²) in [4.78, 5) is 23.1. The van der Waals surface area contributed by atoms with Crippen LogP contribution in [0, 0.1) is 17.2 Å². The number of hydrogen-bond donors (Lipinski definition) is 2. The van der Waals surface area contributed by atoms with Crippen LogP contribution in [0.15, 0.2) is 12.3 Å². The summed E-state index contributed by atoms with van der Waals surface area (Å²) in [5, 5.41) is 14.4. The predicted octanol–water partition coefficient (Wildman–Crippen LogP) is 0.780. The molecule has 0 bridgehead atoms. The molecule has 0 unspecified atom stereocenters. The summed E-state index contributed by atoms with van der Waals surface area (Å²) in [5.74, 6) is 1.36. The number of rotatable bonds is 7. The lowest BCUT2D eigenvalue weighted by molar-refractivity contribution is -0.121. The Labute approximate surface area is 142 Å². The molecule has 8 nitrogen and oxygen atoms in total. The van der Waals surface area contributed by atoms with Crippen molar-refractivity contribution < 1.29 is 9.53 Å². The summed E-state index contributed by atoms with van der Waals surface area (Å²) in [7, 11) is 0. The van der Waals surface area contributed by atoms with E-state index in [-0.39, 0.29) is 12.5 Å². The molecule has 1 fully saturated rings. The van der Waals surface area contributed by atoms with Crippen LogP contribution < -0.4 is 15.5 Å². The minimum atomic E-state index is -0.439. The average Bonchev–Trinajstić information content (AvgIpc) is 2.59. The fourth-order valence-corrected chi connectivity index (χ4v) is 2.48. The van der Waals surface area contributed by atoms with Gasteiger partial charge in [0.05, 0.1) is 19.3 Å². The van der Waals surface area contributed by atoms with Crippen molar-refractivity contribution >= 4 is 17.7 Å². The first-order valence-corrected chi connectivity index (χ1v) is 8.17. The standard InChI is InChI=1S/C16H24N6O2/c1-12(2)11-13(15(23)18-6-4-17)20-14-3-5-19-16(21-14)22-7-9-24-10-8-22/h3,5,12-13H,6-11H2,1-2H3,(H,18,23)(H,19,20,21)/t13-/m0/s1. The third kappa shape index (κ3) is 5.35. The Morgan fingerprint density at radius 2 is 2.21 bits per heavy atom. The first-order valence-electron chi connectivity index (χ1n) is 8.17. The molecular weight excluding hydrogens is 308 g/mol. The Bertz CT molecular complexity index is 580. The van der Waals surface area contributed by atoms with Crippen molar-refractivity contribution in [2.24, 2.45) is 5.92 Å². The van der Waals surface area contributed by atoms with E-state index in [0.29, 0.717) is 37.3 Å². The third-order valence-electron chi connectivity index (χ3n) is 3.62. The number of carbonyl (C=O) groups is 1. The van der Waals surface area contributed by atoms with Gasteiger partial charge in [0.2, 0.25) is 11.9 Å². The third-order valence-corrected chi connectivity index (χ3v) is 3.62. The highest BCUT2D eigenvalue weighted by Gasteiger charge is 2.21. The van der Waals surface area contributed by atoms with Gasteiger partial charge in [-0.15, -0.1) is 0 Å². The van der Waals surface area contributed by atoms with Crippen LogP contribution in [0.25, 0.3) is 0 Å². The zero-order chi connectivity index (χ0) is 17.4. The lowest BCUT2D eigenvalue weighted by Gasteiger charge is -2.27. The molecule has 2 N–H and O–H groups in total. The second-order valence-corrected chi connectivity index (χ2v) is 6.04. The maximum absolute atomic E-state index is 12.2. The number of aromatic nitrogens is 2. The van der Waals surface area contributed by atoms with Gasteiger partial charge in [-0.25, -0.2) is 4.98 Å². The van der Waals surface area contributed by atoms with Crippen LogP contribution in [-0.4, -0.2) is 54.8 Å². The van der Waals surface area contributed by atoms with Crippen molar-refractivity contribution in [3.05, 3.63) is 12.3 Å². The molecule has 1 amide bonds. The fourth-order valence-electron chi connectivity index (χ4n) is 2.48. The molecule has 2 heterocycles. The van der Waals surface area contributed by atoms with Gasteiger partial charge in [-0.2, -0.15) is 10.2 Å². The van der Waals surface area contributed by atoms with Gasteiger partial charge in [0.25, 0.3) is 0 Å². The number of anilines is 2. The maximum atomic E-state index is 12.2.